The Kier molecular flexibility index (Phi) is 5.98. The number of nitrogens with zero attached hydrogens (tertiary/aromatic N) is 2. The van der Waals surface area contributed by atoms with Crippen molar-refractivity contribution < 1.29 is 8.42 Å². The van der Waals surface area contributed by atoms with Gasteiger partial charge in [0.1, 0.15) is 18.0 Å². The second-order valence-corrected chi connectivity index (χ2v) is 8.86. The van der Waals surface area contributed by atoms with Gasteiger partial charge in [-0.15, -0.1) is 11.8 Å². The summed E-state index contributed by atoms with van der Waals surface area (Å²) in [6.45, 7) is 1.63. The van der Waals surface area contributed by atoms with Gasteiger partial charge in [-0.05, 0) is 48.7 Å². The van der Waals surface area contributed by atoms with Crippen molar-refractivity contribution in [3.63, 3.8) is 0 Å². The van der Waals surface area contributed by atoms with Gasteiger partial charge in [0.05, 0.1) is 10.6 Å². The molecule has 2 N–H and O–H groups in total. The minimum atomic E-state index is -3.25. The Balaban J connectivity index is 1.77. The van der Waals surface area contributed by atoms with E-state index >= 15 is 0 Å². The van der Waals surface area contributed by atoms with E-state index in [9.17, 15) is 8.42 Å². The molecule has 0 unspecified atom stereocenters. The molecule has 0 saturated carbocycles. The van der Waals surface area contributed by atoms with E-state index < -0.39 is 9.84 Å². The summed E-state index contributed by atoms with van der Waals surface area (Å²) in [7, 11) is -3.25. The average Bonchev–Trinajstić information content (AvgIpc) is 2.69. The fourth-order valence-corrected chi connectivity index (χ4v) is 3.73. The summed E-state index contributed by atoms with van der Waals surface area (Å²) < 4.78 is 24.1. The van der Waals surface area contributed by atoms with Gasteiger partial charge in [0, 0.05) is 22.3 Å². The molecule has 3 rings (SSSR count). The zero-order chi connectivity index (χ0) is 19.3. The molecule has 8 heteroatoms. The first-order valence-corrected chi connectivity index (χ1v) is 11.2. The Bertz CT molecular complexity index is 1020. The summed E-state index contributed by atoms with van der Waals surface area (Å²) in [6, 6.07) is 16.5. The Morgan fingerprint density at radius 2 is 1.59 bits per heavy atom. The second-order valence-electron chi connectivity index (χ2n) is 5.70. The summed E-state index contributed by atoms with van der Waals surface area (Å²) in [6.07, 6.45) is 3.49. The quantitative estimate of drug-likeness (QED) is 0.566. The van der Waals surface area contributed by atoms with Crippen LogP contribution in [0.25, 0.3) is 0 Å². The van der Waals surface area contributed by atoms with Crippen molar-refractivity contribution in [2.24, 2.45) is 0 Å². The van der Waals surface area contributed by atoms with Gasteiger partial charge in [0.15, 0.2) is 9.84 Å². The first-order valence-electron chi connectivity index (χ1n) is 8.33. The van der Waals surface area contributed by atoms with Crippen LogP contribution in [0, 0.1) is 0 Å². The van der Waals surface area contributed by atoms with Crippen molar-refractivity contribution in [2.75, 3.05) is 22.6 Å². The maximum atomic E-state index is 12.0. The fourth-order valence-electron chi connectivity index (χ4n) is 2.40. The third-order valence-corrected chi connectivity index (χ3v) is 6.35. The smallest absolute Gasteiger partial charge is 0.178 e. The van der Waals surface area contributed by atoms with Gasteiger partial charge in [-0.3, -0.25) is 0 Å². The number of thioether (sulfide) groups is 1. The minimum absolute atomic E-state index is 0.0629. The molecule has 0 atom stereocenters. The van der Waals surface area contributed by atoms with Crippen molar-refractivity contribution in [3.8, 4) is 0 Å². The van der Waals surface area contributed by atoms with Crippen LogP contribution in [0.4, 0.5) is 23.0 Å². The summed E-state index contributed by atoms with van der Waals surface area (Å²) in [4.78, 5) is 9.90. The van der Waals surface area contributed by atoms with Gasteiger partial charge in [-0.25, -0.2) is 18.4 Å². The van der Waals surface area contributed by atoms with Crippen molar-refractivity contribution >= 4 is 44.6 Å². The lowest BCUT2D eigenvalue weighted by molar-refractivity contribution is 0.597. The number of anilines is 4. The summed E-state index contributed by atoms with van der Waals surface area (Å²) >= 11 is 1.69. The Labute approximate surface area is 163 Å². The van der Waals surface area contributed by atoms with Crippen LogP contribution in [0.5, 0.6) is 0 Å². The van der Waals surface area contributed by atoms with E-state index in [-0.39, 0.29) is 10.6 Å². The van der Waals surface area contributed by atoms with E-state index in [1.807, 2.05) is 30.5 Å². The highest BCUT2D eigenvalue weighted by Crippen LogP contribution is 2.23. The molecule has 27 heavy (non-hydrogen) atoms. The van der Waals surface area contributed by atoms with Crippen LogP contribution in [0.2, 0.25) is 0 Å². The molecule has 0 fully saturated rings. The molecule has 0 aliphatic carbocycles. The van der Waals surface area contributed by atoms with Gasteiger partial charge in [0.25, 0.3) is 0 Å². The number of rotatable bonds is 7. The Morgan fingerprint density at radius 1 is 0.926 bits per heavy atom. The van der Waals surface area contributed by atoms with Gasteiger partial charge in [-0.1, -0.05) is 13.0 Å². The molecule has 1 aromatic heterocycles. The highest BCUT2D eigenvalue weighted by atomic mass is 32.2. The molecule has 0 aliphatic rings. The van der Waals surface area contributed by atoms with E-state index in [1.54, 1.807) is 49.0 Å². The first-order chi connectivity index (χ1) is 13.0. The number of benzene rings is 2. The molecule has 140 valence electrons. The third kappa shape index (κ3) is 4.99. The van der Waals surface area contributed by atoms with Crippen LogP contribution in [-0.2, 0) is 9.84 Å². The van der Waals surface area contributed by atoms with Crippen LogP contribution in [-0.4, -0.2) is 30.4 Å². The van der Waals surface area contributed by atoms with E-state index in [4.69, 9.17) is 0 Å². The van der Waals surface area contributed by atoms with E-state index in [0.29, 0.717) is 17.3 Å². The lowest BCUT2D eigenvalue weighted by Crippen LogP contribution is -2.04. The maximum Gasteiger partial charge on any atom is 0.178 e. The van der Waals surface area contributed by atoms with E-state index in [2.05, 4.69) is 20.6 Å². The average molecular weight is 401 g/mol. The Hall–Kier alpha value is -2.58. The van der Waals surface area contributed by atoms with Crippen molar-refractivity contribution in [1.82, 2.24) is 9.97 Å². The zero-order valence-corrected chi connectivity index (χ0v) is 16.6. The van der Waals surface area contributed by atoms with Gasteiger partial charge in [0.2, 0.25) is 0 Å². The van der Waals surface area contributed by atoms with Gasteiger partial charge in [-0.2, -0.15) is 0 Å². The molecule has 0 aliphatic heterocycles. The topological polar surface area (TPSA) is 84.0 Å². The van der Waals surface area contributed by atoms with Crippen LogP contribution in [0.1, 0.15) is 6.92 Å². The van der Waals surface area contributed by atoms with Crippen LogP contribution in [0.15, 0.2) is 70.7 Å². The molecule has 0 saturated heterocycles. The normalized spacial score (nSPS) is 11.2. The molecular formula is C19H20N4O2S2. The molecule has 2 aromatic carbocycles. The lowest BCUT2D eigenvalue weighted by Gasteiger charge is -2.10. The third-order valence-electron chi connectivity index (χ3n) is 3.88. The lowest BCUT2D eigenvalue weighted by atomic mass is 10.3. The van der Waals surface area contributed by atoms with Crippen molar-refractivity contribution in [1.29, 1.82) is 0 Å². The molecule has 0 bridgehead atoms. The molecule has 3 aromatic rings. The number of sulfone groups is 1. The molecule has 0 amide bonds. The number of hydrogen-bond donors (Lipinski definition) is 2. The van der Waals surface area contributed by atoms with Gasteiger partial charge < -0.3 is 10.6 Å². The summed E-state index contributed by atoms with van der Waals surface area (Å²) in [5.41, 5.74) is 1.58. The number of aromatic nitrogens is 2. The Morgan fingerprint density at radius 3 is 2.22 bits per heavy atom. The van der Waals surface area contributed by atoms with Crippen LogP contribution in [0.3, 0.4) is 0 Å². The SMILES string of the molecule is CCS(=O)(=O)c1cccc(Nc2cc(Nc3ccc(SC)cc3)ncn2)c1. The maximum absolute atomic E-state index is 12.0. The second kappa shape index (κ2) is 8.41. The van der Waals surface area contributed by atoms with Crippen LogP contribution >= 0.6 is 11.8 Å². The van der Waals surface area contributed by atoms with Crippen molar-refractivity contribution in [3.05, 3.63) is 60.9 Å². The molecule has 0 spiro atoms. The number of hydrogen-bond acceptors (Lipinski definition) is 7. The predicted octanol–water partition coefficient (Wildman–Crippen LogP) is 4.48. The van der Waals surface area contributed by atoms with Crippen LogP contribution < -0.4 is 10.6 Å². The monoisotopic (exact) mass is 400 g/mol. The van der Waals surface area contributed by atoms with Gasteiger partial charge >= 0.3 is 0 Å². The summed E-state index contributed by atoms with van der Waals surface area (Å²) in [5, 5.41) is 6.36. The van der Waals surface area contributed by atoms with E-state index in [0.717, 1.165) is 5.69 Å². The number of nitrogens with one attached hydrogen (secondary N) is 2. The molecular weight excluding hydrogens is 380 g/mol. The largest absolute Gasteiger partial charge is 0.340 e. The summed E-state index contributed by atoms with van der Waals surface area (Å²) in [5.74, 6) is 1.27. The predicted molar refractivity (Wildman–Crippen MR) is 111 cm³/mol. The van der Waals surface area contributed by atoms with Crippen molar-refractivity contribution in [2.45, 2.75) is 16.7 Å². The zero-order valence-electron chi connectivity index (χ0n) is 15.0. The molecule has 0 radical (unpaired) electrons. The highest BCUT2D eigenvalue weighted by Gasteiger charge is 2.12. The molecule has 6 nitrogen and oxygen atoms in total. The van der Waals surface area contributed by atoms with E-state index in [1.165, 1.54) is 11.2 Å². The first kappa shape index (κ1) is 19.2. The molecule has 1 heterocycles. The highest BCUT2D eigenvalue weighted by molar-refractivity contribution is 7.98. The fraction of sp³-hybridized carbons (Fsp3) is 0.158. The minimum Gasteiger partial charge on any atom is -0.340 e. The standard InChI is InChI=1S/C19H20N4O2S2/c1-3-27(24,25)17-6-4-5-15(11-17)23-19-12-18(20-13-21-19)22-14-7-9-16(26-2)10-8-14/h4-13H,3H2,1-2H3,(H2,20,21,22,23).